The summed E-state index contributed by atoms with van der Waals surface area (Å²) in [4.78, 5) is 20.2. The van der Waals surface area contributed by atoms with Crippen LogP contribution in [0.15, 0.2) is 82.8 Å². The van der Waals surface area contributed by atoms with Crippen molar-refractivity contribution in [2.24, 2.45) is 5.10 Å². The molecule has 3 aromatic carbocycles. The Balaban J connectivity index is 1.45. The molecule has 0 unspecified atom stereocenters. The van der Waals surface area contributed by atoms with Crippen LogP contribution in [0.3, 0.4) is 0 Å². The Hall–Kier alpha value is -3.38. The quantitative estimate of drug-likeness (QED) is 0.215. The van der Waals surface area contributed by atoms with Crippen molar-refractivity contribution in [2.45, 2.75) is 4.90 Å². The van der Waals surface area contributed by atoms with Gasteiger partial charge in [0.2, 0.25) is 5.91 Å². The highest BCUT2D eigenvalue weighted by Crippen LogP contribution is 2.33. The number of pyridine rings is 1. The van der Waals surface area contributed by atoms with E-state index in [1.807, 2.05) is 91.8 Å². The molecule has 0 spiro atoms. The van der Waals surface area contributed by atoms with Gasteiger partial charge in [-0.1, -0.05) is 48.5 Å². The van der Waals surface area contributed by atoms with E-state index < -0.39 is 0 Å². The summed E-state index contributed by atoms with van der Waals surface area (Å²) in [5, 5.41) is 6.20. The number of para-hydroxylation sites is 2. The fourth-order valence-corrected chi connectivity index (χ4v) is 4.16. The van der Waals surface area contributed by atoms with Gasteiger partial charge in [-0.05, 0) is 29.8 Å². The highest BCUT2D eigenvalue weighted by Gasteiger charge is 2.11. The molecule has 4 aromatic rings. The second-order valence-electron chi connectivity index (χ2n) is 7.04. The van der Waals surface area contributed by atoms with Crippen molar-refractivity contribution < 1.29 is 4.79 Å². The zero-order chi connectivity index (χ0) is 20.9. The Labute approximate surface area is 179 Å². The van der Waals surface area contributed by atoms with E-state index in [4.69, 9.17) is 4.98 Å². The summed E-state index contributed by atoms with van der Waals surface area (Å²) in [5.74, 6) is 0.126. The van der Waals surface area contributed by atoms with Gasteiger partial charge in [0.1, 0.15) is 0 Å². The van der Waals surface area contributed by atoms with Gasteiger partial charge in [0, 0.05) is 35.5 Å². The topological polar surface area (TPSA) is 57.6 Å². The highest BCUT2D eigenvalue weighted by atomic mass is 32.2. The number of nitrogens with zero attached hydrogens (tertiary/aromatic N) is 3. The van der Waals surface area contributed by atoms with Gasteiger partial charge in [0.15, 0.2) is 0 Å². The zero-order valence-corrected chi connectivity index (χ0v) is 17.7. The van der Waals surface area contributed by atoms with Gasteiger partial charge in [-0.15, -0.1) is 11.8 Å². The van der Waals surface area contributed by atoms with Crippen LogP contribution in [0, 0.1) is 0 Å². The van der Waals surface area contributed by atoms with E-state index in [0.29, 0.717) is 0 Å². The predicted octanol–water partition coefficient (Wildman–Crippen LogP) is 4.70. The molecule has 0 aliphatic carbocycles. The number of thioether (sulfide) groups is 1. The maximum absolute atomic E-state index is 12.4. The van der Waals surface area contributed by atoms with E-state index in [1.54, 1.807) is 6.21 Å². The number of carbonyl (C=O) groups is 1. The minimum Gasteiger partial charge on any atom is -0.378 e. The Bertz CT molecular complexity index is 1170. The molecule has 4 rings (SSSR count). The van der Waals surface area contributed by atoms with E-state index in [1.165, 1.54) is 11.8 Å². The zero-order valence-electron chi connectivity index (χ0n) is 16.9. The smallest absolute Gasteiger partial charge is 0.250 e. The lowest BCUT2D eigenvalue weighted by atomic mass is 10.1. The van der Waals surface area contributed by atoms with Crippen molar-refractivity contribution in [3.63, 3.8) is 0 Å². The first-order valence-corrected chi connectivity index (χ1v) is 10.6. The summed E-state index contributed by atoms with van der Waals surface area (Å²) < 4.78 is 0. The van der Waals surface area contributed by atoms with E-state index in [0.717, 1.165) is 38.0 Å². The van der Waals surface area contributed by atoms with Gasteiger partial charge in [0.05, 0.1) is 23.0 Å². The molecule has 0 aliphatic rings. The van der Waals surface area contributed by atoms with Gasteiger partial charge in [-0.3, -0.25) is 4.79 Å². The van der Waals surface area contributed by atoms with Crippen molar-refractivity contribution in [2.75, 3.05) is 24.7 Å². The molecular formula is C24H22N4OS. The Morgan fingerprint density at radius 1 is 0.967 bits per heavy atom. The van der Waals surface area contributed by atoms with Crippen LogP contribution in [0.25, 0.3) is 21.8 Å². The second-order valence-corrected chi connectivity index (χ2v) is 8.03. The number of carbonyl (C=O) groups excluding carboxylic acids is 1. The van der Waals surface area contributed by atoms with Crippen molar-refractivity contribution in [1.29, 1.82) is 0 Å². The number of amides is 1. The number of nitrogens with one attached hydrogen (secondary N) is 1. The van der Waals surface area contributed by atoms with Gasteiger partial charge < -0.3 is 4.90 Å². The van der Waals surface area contributed by atoms with Crippen molar-refractivity contribution in [3.05, 3.63) is 78.4 Å². The Morgan fingerprint density at radius 2 is 1.57 bits per heavy atom. The molecule has 1 amide bonds. The van der Waals surface area contributed by atoms with Crippen molar-refractivity contribution in [1.82, 2.24) is 10.4 Å². The highest BCUT2D eigenvalue weighted by molar-refractivity contribution is 8.00. The molecule has 0 saturated carbocycles. The van der Waals surface area contributed by atoms with Crippen LogP contribution in [0.2, 0.25) is 0 Å². The number of hydrogen-bond acceptors (Lipinski definition) is 5. The van der Waals surface area contributed by atoms with Crippen LogP contribution in [0.5, 0.6) is 0 Å². The Morgan fingerprint density at radius 3 is 2.17 bits per heavy atom. The first-order chi connectivity index (χ1) is 14.6. The molecule has 0 radical (unpaired) electrons. The van der Waals surface area contributed by atoms with Gasteiger partial charge in [-0.2, -0.15) is 5.10 Å². The van der Waals surface area contributed by atoms with Gasteiger partial charge in [-0.25, -0.2) is 10.4 Å². The Kier molecular flexibility index (Phi) is 5.95. The fourth-order valence-electron chi connectivity index (χ4n) is 3.16. The summed E-state index contributed by atoms with van der Waals surface area (Å²) >= 11 is 1.51. The number of rotatable bonds is 6. The average molecular weight is 415 g/mol. The molecule has 6 heteroatoms. The molecule has 0 aliphatic heterocycles. The number of aromatic nitrogens is 1. The number of fused-ring (bicyclic) bond motifs is 2. The lowest BCUT2D eigenvalue weighted by molar-refractivity contribution is -0.118. The van der Waals surface area contributed by atoms with E-state index in [9.17, 15) is 4.79 Å². The number of hydrazone groups is 1. The van der Waals surface area contributed by atoms with Crippen LogP contribution in [0.4, 0.5) is 5.69 Å². The predicted molar refractivity (Wildman–Crippen MR) is 126 cm³/mol. The third-order valence-electron chi connectivity index (χ3n) is 4.70. The van der Waals surface area contributed by atoms with Gasteiger partial charge in [0.25, 0.3) is 0 Å². The summed E-state index contributed by atoms with van der Waals surface area (Å²) in [6, 6.07) is 24.0. The first-order valence-electron chi connectivity index (χ1n) is 9.61. The van der Waals surface area contributed by atoms with Crippen LogP contribution >= 0.6 is 11.8 Å². The normalized spacial score (nSPS) is 11.3. The molecule has 150 valence electrons. The van der Waals surface area contributed by atoms with Crippen LogP contribution in [0.1, 0.15) is 5.56 Å². The molecule has 0 saturated heterocycles. The SMILES string of the molecule is CN(C)c1ccc(/C=N/NC(=O)CSc2c3ccccc3nc3ccccc23)cc1. The van der Waals surface area contributed by atoms with Crippen molar-refractivity contribution in [3.8, 4) is 0 Å². The summed E-state index contributed by atoms with van der Waals surface area (Å²) in [6.07, 6.45) is 1.65. The number of benzene rings is 3. The lowest BCUT2D eigenvalue weighted by Gasteiger charge is -2.11. The van der Waals surface area contributed by atoms with Gasteiger partial charge >= 0.3 is 0 Å². The summed E-state index contributed by atoms with van der Waals surface area (Å²) in [7, 11) is 3.99. The minimum atomic E-state index is -0.147. The molecule has 30 heavy (non-hydrogen) atoms. The van der Waals surface area contributed by atoms with E-state index >= 15 is 0 Å². The molecule has 5 nitrogen and oxygen atoms in total. The lowest BCUT2D eigenvalue weighted by Crippen LogP contribution is -2.19. The second kappa shape index (κ2) is 8.97. The number of anilines is 1. The molecule has 0 bridgehead atoms. The molecule has 1 N–H and O–H groups in total. The molecule has 1 heterocycles. The monoisotopic (exact) mass is 414 g/mol. The molecule has 0 fully saturated rings. The van der Waals surface area contributed by atoms with Crippen LogP contribution in [-0.2, 0) is 4.79 Å². The largest absolute Gasteiger partial charge is 0.378 e. The minimum absolute atomic E-state index is 0.147. The fraction of sp³-hybridized carbons (Fsp3) is 0.125. The molecular weight excluding hydrogens is 392 g/mol. The maximum atomic E-state index is 12.4. The molecule has 1 aromatic heterocycles. The van der Waals surface area contributed by atoms with Crippen molar-refractivity contribution >= 4 is 51.4 Å². The number of hydrogen-bond donors (Lipinski definition) is 1. The maximum Gasteiger partial charge on any atom is 0.250 e. The summed E-state index contributed by atoms with van der Waals surface area (Å²) in [6.45, 7) is 0. The van der Waals surface area contributed by atoms with Crippen LogP contribution < -0.4 is 10.3 Å². The average Bonchev–Trinajstić information content (AvgIpc) is 2.77. The van der Waals surface area contributed by atoms with Crippen LogP contribution in [-0.4, -0.2) is 37.0 Å². The van der Waals surface area contributed by atoms with E-state index in [2.05, 4.69) is 10.5 Å². The first kappa shape index (κ1) is 19.9. The third-order valence-corrected chi connectivity index (χ3v) is 5.83. The van der Waals surface area contributed by atoms with E-state index in [-0.39, 0.29) is 11.7 Å². The molecule has 0 atom stereocenters. The third kappa shape index (κ3) is 4.44. The summed E-state index contributed by atoms with van der Waals surface area (Å²) in [5.41, 5.74) is 6.52. The standard InChI is InChI=1S/C24H22N4OS/c1-28(2)18-13-11-17(12-14-18)15-25-27-23(29)16-30-24-19-7-3-5-9-21(19)26-22-10-6-4-8-20(22)24/h3-15H,16H2,1-2H3,(H,27,29)/b25-15+.